The molecule has 0 amide bonds. The molecular weight excluding hydrogens is 263 g/mol. The third-order valence-corrected chi connectivity index (χ3v) is 2.34. The number of hydrogen-bond acceptors (Lipinski definition) is 6. The molecule has 0 radical (unpaired) electrons. The molecule has 2 N–H and O–H groups in total. The molecular formula is C13H11FN4O2. The number of nitriles is 1. The fraction of sp³-hybridized carbons (Fsp3) is 0.154. The zero-order chi connectivity index (χ0) is 14.5. The van der Waals surface area contributed by atoms with E-state index in [0.717, 1.165) is 0 Å². The van der Waals surface area contributed by atoms with Crippen molar-refractivity contribution in [2.24, 2.45) is 0 Å². The first-order valence-electron chi connectivity index (χ1n) is 5.63. The van der Waals surface area contributed by atoms with Crippen LogP contribution in [0.1, 0.15) is 11.4 Å². The Balaban J connectivity index is 2.35. The number of rotatable bonds is 4. The van der Waals surface area contributed by atoms with Crippen LogP contribution in [0, 0.1) is 17.1 Å². The number of hydrogen-bond donors (Lipinski definition) is 1. The Morgan fingerprint density at radius 2 is 2.20 bits per heavy atom. The summed E-state index contributed by atoms with van der Waals surface area (Å²) in [7, 11) is 1.49. The number of ether oxygens (including phenoxy) is 2. The molecule has 7 heteroatoms. The van der Waals surface area contributed by atoms with Crippen molar-refractivity contribution in [1.29, 1.82) is 5.26 Å². The number of benzene rings is 1. The van der Waals surface area contributed by atoms with E-state index >= 15 is 0 Å². The lowest BCUT2D eigenvalue weighted by molar-refractivity contribution is 0.177. The minimum atomic E-state index is -0.663. The van der Waals surface area contributed by atoms with Crippen LogP contribution in [0.3, 0.4) is 0 Å². The fourth-order valence-corrected chi connectivity index (χ4v) is 1.55. The number of nitrogens with zero attached hydrogens (tertiary/aromatic N) is 3. The second kappa shape index (κ2) is 5.95. The second-order valence-electron chi connectivity index (χ2n) is 3.81. The number of anilines is 1. The molecule has 0 aliphatic carbocycles. The summed E-state index contributed by atoms with van der Waals surface area (Å²) < 4.78 is 23.8. The van der Waals surface area contributed by atoms with Crippen molar-refractivity contribution in [3.8, 4) is 17.7 Å². The van der Waals surface area contributed by atoms with E-state index in [0.29, 0.717) is 5.82 Å². The van der Waals surface area contributed by atoms with E-state index in [1.807, 2.05) is 0 Å². The van der Waals surface area contributed by atoms with Crippen molar-refractivity contribution in [2.45, 2.75) is 6.61 Å². The molecule has 1 heterocycles. The van der Waals surface area contributed by atoms with E-state index < -0.39 is 5.82 Å². The van der Waals surface area contributed by atoms with Gasteiger partial charge < -0.3 is 15.2 Å². The summed E-state index contributed by atoms with van der Waals surface area (Å²) in [5.41, 5.74) is 5.42. The molecule has 0 unspecified atom stereocenters. The molecule has 0 aliphatic heterocycles. The highest BCUT2D eigenvalue weighted by atomic mass is 19.1. The molecule has 0 saturated heterocycles. The summed E-state index contributed by atoms with van der Waals surface area (Å²) in [6, 6.07) is 7.20. The van der Waals surface area contributed by atoms with E-state index in [2.05, 4.69) is 9.97 Å². The number of aromatic nitrogens is 2. The highest BCUT2D eigenvalue weighted by Gasteiger charge is 2.11. The third kappa shape index (κ3) is 2.99. The lowest BCUT2D eigenvalue weighted by atomic mass is 10.2. The molecule has 0 atom stereocenters. The van der Waals surface area contributed by atoms with Crippen molar-refractivity contribution in [2.75, 3.05) is 12.8 Å². The molecule has 1 aromatic heterocycles. The highest BCUT2D eigenvalue weighted by molar-refractivity contribution is 5.46. The van der Waals surface area contributed by atoms with Crippen LogP contribution in [0.25, 0.3) is 0 Å². The fourth-order valence-electron chi connectivity index (χ4n) is 1.55. The maximum Gasteiger partial charge on any atom is 0.224 e. The number of nitrogens with two attached hydrogens (primary N) is 1. The van der Waals surface area contributed by atoms with Crippen LogP contribution in [0.4, 0.5) is 10.2 Å². The number of methoxy groups -OCH3 is 1. The Kier molecular flexibility index (Phi) is 4.08. The van der Waals surface area contributed by atoms with Gasteiger partial charge in [0.2, 0.25) is 5.88 Å². The summed E-state index contributed by atoms with van der Waals surface area (Å²) >= 11 is 0. The van der Waals surface area contributed by atoms with E-state index in [1.165, 1.54) is 31.4 Å². The summed E-state index contributed by atoms with van der Waals surface area (Å²) in [5, 5.41) is 8.92. The molecule has 1 aromatic carbocycles. The number of halogens is 1. The maximum absolute atomic E-state index is 13.5. The molecule has 6 nitrogen and oxygen atoms in total. The number of nitrogen functional groups attached to an aromatic ring is 1. The van der Waals surface area contributed by atoms with Gasteiger partial charge in [0, 0.05) is 13.2 Å². The van der Waals surface area contributed by atoms with Gasteiger partial charge in [0.15, 0.2) is 5.82 Å². The SMILES string of the molecule is COCc1nc(N)cc(Oc2cccc(F)c2C#N)n1. The van der Waals surface area contributed by atoms with Crippen LogP contribution in [0.5, 0.6) is 11.6 Å². The van der Waals surface area contributed by atoms with Gasteiger partial charge in [0.25, 0.3) is 0 Å². The van der Waals surface area contributed by atoms with Crippen LogP contribution >= 0.6 is 0 Å². The Bertz CT molecular complexity index is 670. The molecule has 2 rings (SSSR count). The van der Waals surface area contributed by atoms with Crippen molar-refractivity contribution < 1.29 is 13.9 Å². The van der Waals surface area contributed by atoms with Crippen LogP contribution in [0.2, 0.25) is 0 Å². The molecule has 0 spiro atoms. The summed E-state index contributed by atoms with van der Waals surface area (Å²) in [4.78, 5) is 8.00. The quantitative estimate of drug-likeness (QED) is 0.916. The highest BCUT2D eigenvalue weighted by Crippen LogP contribution is 2.26. The van der Waals surface area contributed by atoms with Crippen molar-refractivity contribution in [1.82, 2.24) is 9.97 Å². The zero-order valence-electron chi connectivity index (χ0n) is 10.6. The topological polar surface area (TPSA) is 94.0 Å². The smallest absolute Gasteiger partial charge is 0.224 e. The van der Waals surface area contributed by atoms with E-state index in [9.17, 15) is 4.39 Å². The zero-order valence-corrected chi connectivity index (χ0v) is 10.6. The Morgan fingerprint density at radius 1 is 1.40 bits per heavy atom. The average molecular weight is 274 g/mol. The summed E-state index contributed by atoms with van der Waals surface area (Å²) in [5.74, 6) is 0.0409. The molecule has 20 heavy (non-hydrogen) atoms. The van der Waals surface area contributed by atoms with Crippen LogP contribution < -0.4 is 10.5 Å². The summed E-state index contributed by atoms with van der Waals surface area (Å²) in [6.45, 7) is 0.162. The van der Waals surface area contributed by atoms with Crippen molar-refractivity contribution in [3.63, 3.8) is 0 Å². The van der Waals surface area contributed by atoms with Gasteiger partial charge in [-0.15, -0.1) is 0 Å². The molecule has 0 fully saturated rings. The first-order chi connectivity index (χ1) is 9.63. The second-order valence-corrected chi connectivity index (χ2v) is 3.81. The maximum atomic E-state index is 13.5. The predicted molar refractivity (Wildman–Crippen MR) is 68.3 cm³/mol. The average Bonchev–Trinajstić information content (AvgIpc) is 2.38. The molecule has 102 valence electrons. The van der Waals surface area contributed by atoms with Crippen LogP contribution in [-0.2, 0) is 11.3 Å². The van der Waals surface area contributed by atoms with Crippen molar-refractivity contribution in [3.05, 3.63) is 41.5 Å². The van der Waals surface area contributed by atoms with Gasteiger partial charge in [-0.05, 0) is 12.1 Å². The van der Waals surface area contributed by atoms with E-state index in [4.69, 9.17) is 20.5 Å². The van der Waals surface area contributed by atoms with Gasteiger partial charge >= 0.3 is 0 Å². The van der Waals surface area contributed by atoms with Crippen molar-refractivity contribution >= 4 is 5.82 Å². The molecule has 0 saturated carbocycles. The van der Waals surface area contributed by atoms with Gasteiger partial charge in [-0.1, -0.05) is 6.07 Å². The lowest BCUT2D eigenvalue weighted by Gasteiger charge is -2.08. The Morgan fingerprint density at radius 3 is 2.90 bits per heavy atom. The van der Waals surface area contributed by atoms with Gasteiger partial charge in [0.1, 0.15) is 35.6 Å². The lowest BCUT2D eigenvalue weighted by Crippen LogP contribution is -2.03. The Hall–Kier alpha value is -2.72. The first kappa shape index (κ1) is 13.7. The first-order valence-corrected chi connectivity index (χ1v) is 5.63. The van der Waals surface area contributed by atoms with Crippen LogP contribution in [0.15, 0.2) is 24.3 Å². The molecule has 0 aliphatic rings. The monoisotopic (exact) mass is 274 g/mol. The largest absolute Gasteiger partial charge is 0.437 e. The van der Waals surface area contributed by atoms with E-state index in [-0.39, 0.29) is 29.6 Å². The summed E-state index contributed by atoms with van der Waals surface area (Å²) in [6.07, 6.45) is 0. The van der Waals surface area contributed by atoms with Gasteiger partial charge in [-0.3, -0.25) is 0 Å². The van der Waals surface area contributed by atoms with Gasteiger partial charge in [-0.2, -0.15) is 10.2 Å². The minimum Gasteiger partial charge on any atom is -0.437 e. The third-order valence-electron chi connectivity index (χ3n) is 2.34. The molecule has 0 bridgehead atoms. The Labute approximate surface area is 114 Å². The standard InChI is InChI=1S/C13H11FN4O2/c1-19-7-12-17-11(16)5-13(18-12)20-10-4-2-3-9(14)8(10)6-15/h2-5H,7H2,1H3,(H2,16,17,18). The van der Waals surface area contributed by atoms with Gasteiger partial charge in [0.05, 0.1) is 0 Å². The van der Waals surface area contributed by atoms with E-state index in [1.54, 1.807) is 6.07 Å². The molecule has 2 aromatic rings. The predicted octanol–water partition coefficient (Wildman–Crippen LogP) is 2.01. The normalized spacial score (nSPS) is 10.1. The van der Waals surface area contributed by atoms with Crippen LogP contribution in [-0.4, -0.2) is 17.1 Å². The van der Waals surface area contributed by atoms with Gasteiger partial charge in [-0.25, -0.2) is 9.37 Å². The minimum absolute atomic E-state index is 0.0639.